The van der Waals surface area contributed by atoms with Crippen LogP contribution in [0.3, 0.4) is 0 Å². The van der Waals surface area contributed by atoms with E-state index in [1.807, 2.05) is 24.5 Å². The van der Waals surface area contributed by atoms with Crippen LogP contribution in [-0.2, 0) is 6.42 Å². The van der Waals surface area contributed by atoms with E-state index < -0.39 is 0 Å². The normalized spacial score (nSPS) is 12.8. The molecule has 5 nitrogen and oxygen atoms in total. The predicted octanol–water partition coefficient (Wildman–Crippen LogP) is 3.83. The fourth-order valence-electron chi connectivity index (χ4n) is 2.92. The van der Waals surface area contributed by atoms with Crippen molar-refractivity contribution in [3.05, 3.63) is 58.4 Å². The lowest BCUT2D eigenvalue weighted by atomic mass is 10.1. The molecule has 0 amide bonds. The number of aryl methyl sites for hydroxylation is 1. The molecule has 24 heavy (non-hydrogen) atoms. The third kappa shape index (κ3) is 3.40. The number of aromatic nitrogens is 4. The SMILES string of the molecule is CC(C)c1nc2c(ncn2C(C)CCCc2ccccc2)c(=O)[nH]1. The summed E-state index contributed by atoms with van der Waals surface area (Å²) in [5.74, 6) is 0.893. The van der Waals surface area contributed by atoms with Gasteiger partial charge in [-0.1, -0.05) is 44.2 Å². The van der Waals surface area contributed by atoms with E-state index in [9.17, 15) is 4.79 Å². The smallest absolute Gasteiger partial charge is 0.279 e. The Labute approximate surface area is 141 Å². The summed E-state index contributed by atoms with van der Waals surface area (Å²) in [4.78, 5) is 23.9. The Morgan fingerprint density at radius 1 is 1.17 bits per heavy atom. The number of aromatic amines is 1. The Kier molecular flexibility index (Phi) is 4.79. The molecule has 1 N–H and O–H groups in total. The first kappa shape index (κ1) is 16.4. The predicted molar refractivity (Wildman–Crippen MR) is 96.3 cm³/mol. The lowest BCUT2D eigenvalue weighted by Gasteiger charge is -2.14. The summed E-state index contributed by atoms with van der Waals surface area (Å²) in [6.45, 7) is 6.20. The maximum absolute atomic E-state index is 12.2. The van der Waals surface area contributed by atoms with E-state index in [1.165, 1.54) is 5.56 Å². The number of hydrogen-bond acceptors (Lipinski definition) is 3. The minimum absolute atomic E-state index is 0.154. The van der Waals surface area contributed by atoms with Gasteiger partial charge in [0.25, 0.3) is 5.56 Å². The van der Waals surface area contributed by atoms with Crippen molar-refractivity contribution in [1.29, 1.82) is 0 Å². The summed E-state index contributed by atoms with van der Waals surface area (Å²) in [5.41, 5.74) is 2.32. The van der Waals surface area contributed by atoms with Gasteiger partial charge >= 0.3 is 0 Å². The van der Waals surface area contributed by atoms with Crippen molar-refractivity contribution in [3.63, 3.8) is 0 Å². The second-order valence-corrected chi connectivity index (χ2v) is 6.66. The van der Waals surface area contributed by atoms with Gasteiger partial charge in [-0.25, -0.2) is 9.97 Å². The Morgan fingerprint density at radius 3 is 2.62 bits per heavy atom. The standard InChI is InChI=1S/C19H24N4O/c1-13(2)17-21-18-16(19(24)22-17)20-12-23(18)14(3)8-7-11-15-9-5-4-6-10-15/h4-6,9-10,12-14H,7-8,11H2,1-3H3,(H,21,22,24). The highest BCUT2D eigenvalue weighted by atomic mass is 16.1. The van der Waals surface area contributed by atoms with Crippen LogP contribution >= 0.6 is 0 Å². The second-order valence-electron chi connectivity index (χ2n) is 6.66. The highest BCUT2D eigenvalue weighted by Crippen LogP contribution is 2.20. The van der Waals surface area contributed by atoms with Crippen molar-refractivity contribution in [3.8, 4) is 0 Å². The molecule has 1 unspecified atom stereocenters. The van der Waals surface area contributed by atoms with Crippen LogP contribution in [0.5, 0.6) is 0 Å². The number of nitrogens with zero attached hydrogens (tertiary/aromatic N) is 3. The average Bonchev–Trinajstić information content (AvgIpc) is 3.00. The van der Waals surface area contributed by atoms with Crippen molar-refractivity contribution in [1.82, 2.24) is 19.5 Å². The average molecular weight is 324 g/mol. The fraction of sp³-hybridized carbons (Fsp3) is 0.421. The van der Waals surface area contributed by atoms with E-state index in [1.54, 1.807) is 6.33 Å². The molecule has 3 rings (SSSR count). The van der Waals surface area contributed by atoms with Crippen molar-refractivity contribution in [2.45, 2.75) is 52.0 Å². The minimum Gasteiger partial charge on any atom is -0.312 e. The van der Waals surface area contributed by atoms with Crippen LogP contribution in [0, 0.1) is 0 Å². The fourth-order valence-corrected chi connectivity index (χ4v) is 2.92. The minimum atomic E-state index is -0.154. The number of rotatable bonds is 6. The summed E-state index contributed by atoms with van der Waals surface area (Å²) < 4.78 is 2.03. The Hall–Kier alpha value is -2.43. The zero-order valence-electron chi connectivity index (χ0n) is 14.5. The van der Waals surface area contributed by atoms with Gasteiger partial charge in [-0.05, 0) is 31.7 Å². The lowest BCUT2D eigenvalue weighted by molar-refractivity contribution is 0.496. The molecular weight excluding hydrogens is 300 g/mol. The highest BCUT2D eigenvalue weighted by Gasteiger charge is 2.15. The third-order valence-electron chi connectivity index (χ3n) is 4.40. The molecule has 5 heteroatoms. The summed E-state index contributed by atoms with van der Waals surface area (Å²) >= 11 is 0. The molecule has 0 saturated heterocycles. The van der Waals surface area contributed by atoms with Crippen LogP contribution in [0.25, 0.3) is 11.2 Å². The molecular formula is C19H24N4O. The Morgan fingerprint density at radius 2 is 1.92 bits per heavy atom. The number of hydrogen-bond donors (Lipinski definition) is 1. The zero-order chi connectivity index (χ0) is 17.1. The van der Waals surface area contributed by atoms with E-state index in [0.29, 0.717) is 17.0 Å². The molecule has 2 aromatic heterocycles. The van der Waals surface area contributed by atoms with E-state index in [2.05, 4.69) is 46.1 Å². The van der Waals surface area contributed by atoms with Crippen molar-refractivity contribution < 1.29 is 0 Å². The molecule has 0 radical (unpaired) electrons. The van der Waals surface area contributed by atoms with E-state index in [0.717, 1.165) is 19.3 Å². The van der Waals surface area contributed by atoms with Gasteiger partial charge in [-0.3, -0.25) is 4.79 Å². The van der Waals surface area contributed by atoms with Crippen molar-refractivity contribution >= 4 is 11.2 Å². The molecule has 1 aromatic carbocycles. The summed E-state index contributed by atoms with van der Waals surface area (Å²) in [6.07, 6.45) is 4.91. The molecule has 126 valence electrons. The topological polar surface area (TPSA) is 63.6 Å². The molecule has 0 saturated carbocycles. The number of imidazole rings is 1. The van der Waals surface area contributed by atoms with Gasteiger partial charge in [-0.2, -0.15) is 0 Å². The van der Waals surface area contributed by atoms with Gasteiger partial charge in [0.1, 0.15) is 5.82 Å². The number of H-pyrrole nitrogens is 1. The molecule has 0 aliphatic heterocycles. The van der Waals surface area contributed by atoms with Crippen LogP contribution in [0.4, 0.5) is 0 Å². The summed E-state index contributed by atoms with van der Waals surface area (Å²) in [6, 6.07) is 10.8. The monoisotopic (exact) mass is 324 g/mol. The summed E-state index contributed by atoms with van der Waals surface area (Å²) in [5, 5.41) is 0. The van der Waals surface area contributed by atoms with Crippen LogP contribution in [0.1, 0.15) is 57.0 Å². The molecule has 0 bridgehead atoms. The van der Waals surface area contributed by atoms with Gasteiger partial charge in [0, 0.05) is 12.0 Å². The Balaban J connectivity index is 1.77. The maximum Gasteiger partial charge on any atom is 0.279 e. The lowest BCUT2D eigenvalue weighted by Crippen LogP contribution is -2.15. The van der Waals surface area contributed by atoms with Gasteiger partial charge in [-0.15, -0.1) is 0 Å². The van der Waals surface area contributed by atoms with E-state index in [4.69, 9.17) is 0 Å². The Bertz CT molecular complexity index is 864. The quantitative estimate of drug-likeness (QED) is 0.749. The molecule has 0 fully saturated rings. The van der Waals surface area contributed by atoms with Gasteiger partial charge in [0.2, 0.25) is 0 Å². The second kappa shape index (κ2) is 6.99. The van der Waals surface area contributed by atoms with Crippen molar-refractivity contribution in [2.24, 2.45) is 0 Å². The molecule has 0 spiro atoms. The first-order valence-corrected chi connectivity index (χ1v) is 8.57. The van der Waals surface area contributed by atoms with Crippen LogP contribution < -0.4 is 5.56 Å². The van der Waals surface area contributed by atoms with Crippen molar-refractivity contribution in [2.75, 3.05) is 0 Å². The van der Waals surface area contributed by atoms with E-state index in [-0.39, 0.29) is 17.5 Å². The first-order valence-electron chi connectivity index (χ1n) is 8.57. The number of benzene rings is 1. The first-order chi connectivity index (χ1) is 11.6. The highest BCUT2D eigenvalue weighted by molar-refractivity contribution is 5.69. The zero-order valence-corrected chi connectivity index (χ0v) is 14.5. The molecule has 3 aromatic rings. The van der Waals surface area contributed by atoms with Gasteiger partial charge in [0.05, 0.1) is 6.33 Å². The molecule has 0 aliphatic rings. The largest absolute Gasteiger partial charge is 0.312 e. The van der Waals surface area contributed by atoms with Crippen LogP contribution in [0.2, 0.25) is 0 Å². The van der Waals surface area contributed by atoms with Crippen LogP contribution in [0.15, 0.2) is 41.5 Å². The van der Waals surface area contributed by atoms with E-state index >= 15 is 0 Å². The van der Waals surface area contributed by atoms with Gasteiger partial charge in [0.15, 0.2) is 11.2 Å². The molecule has 2 heterocycles. The van der Waals surface area contributed by atoms with Gasteiger partial charge < -0.3 is 9.55 Å². The maximum atomic E-state index is 12.2. The third-order valence-corrected chi connectivity index (χ3v) is 4.40. The number of fused-ring (bicyclic) bond motifs is 1. The van der Waals surface area contributed by atoms with Crippen LogP contribution in [-0.4, -0.2) is 19.5 Å². The molecule has 1 atom stereocenters. The number of nitrogens with one attached hydrogen (secondary N) is 1. The summed E-state index contributed by atoms with van der Waals surface area (Å²) in [7, 11) is 0. The molecule has 0 aliphatic carbocycles.